The van der Waals surface area contributed by atoms with Crippen molar-refractivity contribution in [3.05, 3.63) is 70.1 Å². The van der Waals surface area contributed by atoms with Crippen LogP contribution in [0.2, 0.25) is 5.02 Å². The molecule has 2 aromatic carbocycles. The number of nitrogens with one attached hydrogen (secondary N) is 1. The normalized spacial score (nSPS) is 23.0. The van der Waals surface area contributed by atoms with Crippen molar-refractivity contribution in [1.82, 2.24) is 9.97 Å². The molecule has 3 aliphatic heterocycles. The SMILES string of the molecule is COC(=O)Cc1ccc(Nc2nc(N3C4CCC3CC(c3ccc(Cl)cc3)C4)nc3c2S(=O)(=O)CCC3)c(F)c1. The van der Waals surface area contributed by atoms with E-state index in [0.717, 1.165) is 30.7 Å². The van der Waals surface area contributed by atoms with Gasteiger partial charge in [0, 0.05) is 17.1 Å². The molecule has 0 saturated carbocycles. The van der Waals surface area contributed by atoms with Gasteiger partial charge in [0.05, 0.1) is 30.7 Å². The first-order valence-electron chi connectivity index (χ1n) is 13.5. The Hall–Kier alpha value is -3.24. The summed E-state index contributed by atoms with van der Waals surface area (Å²) in [7, 11) is -2.37. The molecule has 40 heavy (non-hydrogen) atoms. The summed E-state index contributed by atoms with van der Waals surface area (Å²) in [6.07, 6.45) is 4.82. The number of carbonyl (C=O) groups excluding carboxylic acids is 1. The minimum Gasteiger partial charge on any atom is -0.469 e. The molecule has 0 radical (unpaired) electrons. The first kappa shape index (κ1) is 27.0. The zero-order valence-electron chi connectivity index (χ0n) is 22.1. The zero-order valence-corrected chi connectivity index (χ0v) is 23.6. The van der Waals surface area contributed by atoms with Crippen LogP contribution < -0.4 is 10.2 Å². The predicted molar refractivity (Wildman–Crippen MR) is 151 cm³/mol. The molecule has 0 spiro atoms. The minimum atomic E-state index is -3.64. The van der Waals surface area contributed by atoms with Gasteiger partial charge in [0.1, 0.15) is 10.7 Å². The number of piperidine rings is 1. The van der Waals surface area contributed by atoms with Gasteiger partial charge in [0.15, 0.2) is 15.7 Å². The monoisotopic (exact) mass is 584 g/mol. The largest absolute Gasteiger partial charge is 0.469 e. The molecule has 1 aromatic heterocycles. The van der Waals surface area contributed by atoms with Gasteiger partial charge in [-0.25, -0.2) is 17.8 Å². The molecule has 2 bridgehead atoms. The number of rotatable bonds is 6. The molecule has 210 valence electrons. The van der Waals surface area contributed by atoms with Crippen LogP contribution >= 0.6 is 11.6 Å². The lowest BCUT2D eigenvalue weighted by Gasteiger charge is -2.39. The van der Waals surface area contributed by atoms with Crippen molar-refractivity contribution < 1.29 is 22.3 Å². The summed E-state index contributed by atoms with van der Waals surface area (Å²) in [5.41, 5.74) is 2.27. The number of aryl methyl sites for hydroxylation is 1. The molecular weight excluding hydrogens is 555 g/mol. The van der Waals surface area contributed by atoms with Crippen LogP contribution in [-0.2, 0) is 32.2 Å². The van der Waals surface area contributed by atoms with Crippen molar-refractivity contribution in [1.29, 1.82) is 0 Å². The van der Waals surface area contributed by atoms with Crippen LogP contribution in [0, 0.1) is 5.82 Å². The van der Waals surface area contributed by atoms with E-state index < -0.39 is 21.6 Å². The Balaban J connectivity index is 1.33. The number of nitrogens with zero attached hydrogens (tertiary/aromatic N) is 3. The molecule has 11 heteroatoms. The number of aromatic nitrogens is 2. The lowest BCUT2D eigenvalue weighted by Crippen LogP contribution is -2.43. The Kier molecular flexibility index (Phi) is 7.16. The summed E-state index contributed by atoms with van der Waals surface area (Å²) in [5.74, 6) is -0.112. The number of sulfone groups is 1. The van der Waals surface area contributed by atoms with Crippen molar-refractivity contribution in [2.75, 3.05) is 23.1 Å². The maximum Gasteiger partial charge on any atom is 0.309 e. The van der Waals surface area contributed by atoms with E-state index in [2.05, 4.69) is 27.1 Å². The number of ether oxygens (including phenoxy) is 1. The third-order valence-corrected chi connectivity index (χ3v) is 10.4. The summed E-state index contributed by atoms with van der Waals surface area (Å²) in [6, 6.07) is 12.8. The highest BCUT2D eigenvalue weighted by Gasteiger charge is 2.43. The lowest BCUT2D eigenvalue weighted by molar-refractivity contribution is -0.139. The van der Waals surface area contributed by atoms with Crippen LogP contribution in [0.3, 0.4) is 0 Å². The second-order valence-corrected chi connectivity index (χ2v) is 13.3. The van der Waals surface area contributed by atoms with E-state index in [1.807, 2.05) is 12.1 Å². The summed E-state index contributed by atoms with van der Waals surface area (Å²) in [4.78, 5) is 23.4. The highest BCUT2D eigenvalue weighted by atomic mass is 35.5. The van der Waals surface area contributed by atoms with Crippen molar-refractivity contribution in [2.45, 2.75) is 67.8 Å². The van der Waals surface area contributed by atoms with Crippen LogP contribution in [0.1, 0.15) is 54.8 Å². The van der Waals surface area contributed by atoms with E-state index in [1.54, 1.807) is 6.07 Å². The molecule has 2 fully saturated rings. The number of methoxy groups -OCH3 is 1. The fraction of sp³-hybridized carbons (Fsp3) is 0.414. The van der Waals surface area contributed by atoms with E-state index >= 15 is 4.39 Å². The number of fused-ring (bicyclic) bond motifs is 3. The summed E-state index contributed by atoms with van der Waals surface area (Å²) in [5, 5.41) is 3.68. The number of benzene rings is 2. The van der Waals surface area contributed by atoms with E-state index in [9.17, 15) is 13.2 Å². The second-order valence-electron chi connectivity index (χ2n) is 10.8. The average molecular weight is 585 g/mol. The molecule has 1 N–H and O–H groups in total. The molecule has 3 aromatic rings. The first-order valence-corrected chi connectivity index (χ1v) is 15.5. The molecule has 3 aliphatic rings. The Morgan fingerprint density at radius 1 is 1.12 bits per heavy atom. The Morgan fingerprint density at radius 2 is 1.85 bits per heavy atom. The standard InChI is InChI=1S/C29H30ClFN4O4S/c1-39-26(36)14-17-4-11-24(23(31)13-17)32-28-27-25(3-2-12-40(27,37)38)33-29(34-28)35-21-9-10-22(35)16-19(15-21)18-5-7-20(30)8-6-18/h4-8,11,13,19,21-22H,2-3,9-10,12,14-16H2,1H3,(H,32,33,34). The third-order valence-electron chi connectivity index (χ3n) is 8.23. The predicted octanol–water partition coefficient (Wildman–Crippen LogP) is 5.36. The Labute approximate surface area is 237 Å². The summed E-state index contributed by atoms with van der Waals surface area (Å²) < 4.78 is 46.1. The summed E-state index contributed by atoms with van der Waals surface area (Å²) >= 11 is 6.10. The van der Waals surface area contributed by atoms with Gasteiger partial charge >= 0.3 is 5.97 Å². The van der Waals surface area contributed by atoms with E-state index in [4.69, 9.17) is 21.6 Å². The van der Waals surface area contributed by atoms with Crippen molar-refractivity contribution in [3.8, 4) is 0 Å². The van der Waals surface area contributed by atoms with Gasteiger partial charge in [0.2, 0.25) is 5.95 Å². The lowest BCUT2D eigenvalue weighted by atomic mass is 9.85. The van der Waals surface area contributed by atoms with Crippen LogP contribution in [-0.4, -0.2) is 49.3 Å². The number of esters is 1. The second kappa shape index (κ2) is 10.6. The molecular formula is C29H30ClFN4O4S. The van der Waals surface area contributed by atoms with Gasteiger partial charge in [-0.3, -0.25) is 4.79 Å². The maximum atomic E-state index is 15.1. The molecule has 0 aliphatic carbocycles. The Morgan fingerprint density at radius 3 is 2.52 bits per heavy atom. The highest BCUT2D eigenvalue weighted by molar-refractivity contribution is 7.91. The van der Waals surface area contributed by atoms with Crippen LogP contribution in [0.4, 0.5) is 21.8 Å². The molecule has 6 rings (SSSR count). The summed E-state index contributed by atoms with van der Waals surface area (Å²) in [6.45, 7) is 0. The van der Waals surface area contributed by atoms with Gasteiger partial charge in [-0.1, -0.05) is 29.8 Å². The van der Waals surface area contributed by atoms with Crippen LogP contribution in [0.25, 0.3) is 0 Å². The number of anilines is 3. The van der Waals surface area contributed by atoms with Gasteiger partial charge in [-0.15, -0.1) is 0 Å². The van der Waals surface area contributed by atoms with E-state index in [1.165, 1.54) is 24.8 Å². The third kappa shape index (κ3) is 5.14. The Bertz CT molecular complexity index is 1550. The zero-order chi connectivity index (χ0) is 28.0. The molecule has 2 atom stereocenters. The number of hydrogen-bond acceptors (Lipinski definition) is 8. The van der Waals surface area contributed by atoms with Gasteiger partial charge < -0.3 is 15.0 Å². The molecule has 0 amide bonds. The number of hydrogen-bond donors (Lipinski definition) is 1. The smallest absolute Gasteiger partial charge is 0.309 e. The molecule has 2 saturated heterocycles. The minimum absolute atomic E-state index is 0.00429. The quantitative estimate of drug-likeness (QED) is 0.386. The fourth-order valence-corrected chi connectivity index (χ4v) is 8.11. The van der Waals surface area contributed by atoms with E-state index in [-0.39, 0.29) is 40.7 Å². The maximum absolute atomic E-state index is 15.1. The molecule has 8 nitrogen and oxygen atoms in total. The average Bonchev–Trinajstić information content (AvgIpc) is 3.19. The highest BCUT2D eigenvalue weighted by Crippen LogP contribution is 2.45. The fourth-order valence-electron chi connectivity index (χ4n) is 6.36. The first-order chi connectivity index (χ1) is 19.2. The van der Waals surface area contributed by atoms with Gasteiger partial charge in [-0.2, -0.15) is 4.98 Å². The number of carbonyl (C=O) groups is 1. The van der Waals surface area contributed by atoms with Crippen molar-refractivity contribution in [2.24, 2.45) is 0 Å². The molecule has 4 heterocycles. The van der Waals surface area contributed by atoms with Crippen molar-refractivity contribution >= 4 is 44.9 Å². The topological polar surface area (TPSA) is 101 Å². The van der Waals surface area contributed by atoms with Crippen LogP contribution in [0.15, 0.2) is 47.4 Å². The number of halogens is 2. The van der Waals surface area contributed by atoms with Gasteiger partial charge in [-0.05, 0) is 79.8 Å². The molecule has 2 unspecified atom stereocenters. The van der Waals surface area contributed by atoms with Crippen LogP contribution in [0.5, 0.6) is 0 Å². The van der Waals surface area contributed by atoms with E-state index in [0.29, 0.717) is 36.0 Å². The van der Waals surface area contributed by atoms with Crippen molar-refractivity contribution in [3.63, 3.8) is 0 Å². The van der Waals surface area contributed by atoms with Gasteiger partial charge in [0.25, 0.3) is 0 Å².